The third-order valence-electron chi connectivity index (χ3n) is 3.16. The number of carboxylic acid groups (broad SMARTS) is 2. The Balaban J connectivity index is 4.94. The van der Waals surface area contributed by atoms with Crippen LogP contribution in [0.1, 0.15) is 26.2 Å². The third-order valence-corrected chi connectivity index (χ3v) is 3.16. The van der Waals surface area contributed by atoms with Crippen molar-refractivity contribution in [2.24, 2.45) is 11.5 Å². The van der Waals surface area contributed by atoms with E-state index in [1.165, 1.54) is 6.92 Å². The van der Waals surface area contributed by atoms with E-state index in [9.17, 15) is 28.8 Å². The summed E-state index contributed by atoms with van der Waals surface area (Å²) in [7, 11) is 0. The molecule has 0 aromatic carbocycles. The average molecular weight is 389 g/mol. The van der Waals surface area contributed by atoms with Crippen LogP contribution in [0.25, 0.3) is 0 Å². The number of primary amides is 1. The van der Waals surface area contributed by atoms with E-state index in [1.807, 2.05) is 5.32 Å². The molecule has 0 aromatic rings. The number of nitrogens with two attached hydrogens (primary N) is 2. The van der Waals surface area contributed by atoms with Gasteiger partial charge in [0.1, 0.15) is 12.1 Å². The molecule has 13 heteroatoms. The minimum Gasteiger partial charge on any atom is -0.481 e. The molecule has 0 fully saturated rings. The quantitative estimate of drug-likeness (QED) is 0.173. The lowest BCUT2D eigenvalue weighted by Crippen LogP contribution is -2.54. The van der Waals surface area contributed by atoms with Gasteiger partial charge in [0, 0.05) is 6.42 Å². The van der Waals surface area contributed by atoms with Crippen molar-refractivity contribution in [1.29, 1.82) is 0 Å². The molecule has 0 saturated carbocycles. The molecular formula is C14H23N5O8. The van der Waals surface area contributed by atoms with Crippen LogP contribution >= 0.6 is 0 Å². The predicted molar refractivity (Wildman–Crippen MR) is 88.8 cm³/mol. The maximum atomic E-state index is 12.1. The lowest BCUT2D eigenvalue weighted by Gasteiger charge is -2.20. The van der Waals surface area contributed by atoms with Gasteiger partial charge in [-0.25, -0.2) is 4.79 Å². The van der Waals surface area contributed by atoms with Crippen molar-refractivity contribution in [1.82, 2.24) is 16.0 Å². The highest BCUT2D eigenvalue weighted by molar-refractivity contribution is 5.94. The van der Waals surface area contributed by atoms with Gasteiger partial charge in [0.05, 0.1) is 19.0 Å². The summed E-state index contributed by atoms with van der Waals surface area (Å²) >= 11 is 0. The Hall–Kier alpha value is -3.22. The summed E-state index contributed by atoms with van der Waals surface area (Å²) in [5.74, 6) is -6.28. The second-order valence-electron chi connectivity index (χ2n) is 5.63. The van der Waals surface area contributed by atoms with Gasteiger partial charge < -0.3 is 37.6 Å². The Morgan fingerprint density at radius 1 is 0.963 bits per heavy atom. The summed E-state index contributed by atoms with van der Waals surface area (Å²) in [4.78, 5) is 68.0. The second kappa shape index (κ2) is 11.4. The zero-order valence-corrected chi connectivity index (χ0v) is 14.6. The van der Waals surface area contributed by atoms with Gasteiger partial charge in [0.2, 0.25) is 23.6 Å². The van der Waals surface area contributed by atoms with Gasteiger partial charge in [-0.2, -0.15) is 0 Å². The fourth-order valence-corrected chi connectivity index (χ4v) is 1.77. The van der Waals surface area contributed by atoms with E-state index >= 15 is 0 Å². The number of carboxylic acids is 2. The molecule has 0 bridgehead atoms. The van der Waals surface area contributed by atoms with Gasteiger partial charge in [0.25, 0.3) is 0 Å². The number of nitrogens with one attached hydrogen (secondary N) is 3. The Morgan fingerprint density at radius 3 is 2.00 bits per heavy atom. The topological polar surface area (TPSA) is 231 Å². The van der Waals surface area contributed by atoms with Crippen LogP contribution in [0.3, 0.4) is 0 Å². The molecule has 9 N–H and O–H groups in total. The van der Waals surface area contributed by atoms with Crippen LogP contribution in [0.15, 0.2) is 0 Å². The largest absolute Gasteiger partial charge is 0.481 e. The monoisotopic (exact) mass is 389 g/mol. The lowest BCUT2D eigenvalue weighted by molar-refractivity contribution is -0.143. The maximum Gasteiger partial charge on any atom is 0.326 e. The van der Waals surface area contributed by atoms with E-state index in [0.29, 0.717) is 0 Å². The van der Waals surface area contributed by atoms with Gasteiger partial charge in [-0.3, -0.25) is 24.0 Å². The molecule has 152 valence electrons. The van der Waals surface area contributed by atoms with E-state index < -0.39 is 66.7 Å². The number of carbonyl (C=O) groups excluding carboxylic acids is 4. The first kappa shape index (κ1) is 23.8. The molecule has 27 heavy (non-hydrogen) atoms. The Labute approximate surface area is 153 Å². The molecule has 0 saturated heterocycles. The number of hydrogen-bond donors (Lipinski definition) is 7. The SMILES string of the molecule is CC(N)C(=O)NCC(=O)NC(CC(=O)O)C(=O)NC(CCC(N)=O)C(=O)O. The third kappa shape index (κ3) is 10.4. The average Bonchev–Trinajstić information content (AvgIpc) is 2.54. The molecule has 0 radical (unpaired) electrons. The summed E-state index contributed by atoms with van der Waals surface area (Å²) in [5, 5.41) is 24.2. The summed E-state index contributed by atoms with van der Waals surface area (Å²) < 4.78 is 0. The molecule has 0 heterocycles. The Bertz CT molecular complexity index is 606. The molecule has 0 rings (SSSR count). The smallest absolute Gasteiger partial charge is 0.326 e. The van der Waals surface area contributed by atoms with Crippen molar-refractivity contribution in [3.05, 3.63) is 0 Å². The molecular weight excluding hydrogens is 366 g/mol. The van der Waals surface area contributed by atoms with Crippen molar-refractivity contribution in [3.8, 4) is 0 Å². The highest BCUT2D eigenvalue weighted by Gasteiger charge is 2.28. The van der Waals surface area contributed by atoms with Gasteiger partial charge in [-0.15, -0.1) is 0 Å². The normalized spacial score (nSPS) is 13.6. The first-order valence-corrected chi connectivity index (χ1v) is 7.80. The molecule has 3 atom stereocenters. The van der Waals surface area contributed by atoms with Crippen molar-refractivity contribution in [3.63, 3.8) is 0 Å². The van der Waals surface area contributed by atoms with Crippen LogP contribution < -0.4 is 27.4 Å². The molecule has 0 aliphatic carbocycles. The Morgan fingerprint density at radius 2 is 1.56 bits per heavy atom. The molecule has 0 aromatic heterocycles. The maximum absolute atomic E-state index is 12.1. The van der Waals surface area contributed by atoms with Crippen LogP contribution in [0.2, 0.25) is 0 Å². The number of rotatable bonds is 12. The first-order valence-electron chi connectivity index (χ1n) is 7.80. The van der Waals surface area contributed by atoms with Gasteiger partial charge in [-0.1, -0.05) is 0 Å². The van der Waals surface area contributed by atoms with Crippen LogP contribution in [-0.4, -0.2) is 70.5 Å². The minimum atomic E-state index is -1.60. The van der Waals surface area contributed by atoms with E-state index in [2.05, 4.69) is 10.6 Å². The first-order chi connectivity index (χ1) is 12.4. The van der Waals surface area contributed by atoms with Crippen molar-refractivity contribution < 1.29 is 39.0 Å². The predicted octanol–water partition coefficient (Wildman–Crippen LogP) is -3.76. The van der Waals surface area contributed by atoms with E-state index in [1.54, 1.807) is 0 Å². The van der Waals surface area contributed by atoms with Gasteiger partial charge in [-0.05, 0) is 13.3 Å². The molecule has 0 aliphatic rings. The number of aliphatic carboxylic acids is 2. The van der Waals surface area contributed by atoms with Crippen LogP contribution in [0, 0.1) is 0 Å². The zero-order valence-electron chi connectivity index (χ0n) is 14.6. The van der Waals surface area contributed by atoms with Crippen molar-refractivity contribution in [2.75, 3.05) is 6.54 Å². The van der Waals surface area contributed by atoms with Crippen molar-refractivity contribution in [2.45, 2.75) is 44.3 Å². The number of amides is 4. The summed E-state index contributed by atoms with van der Waals surface area (Å²) in [6.07, 6.45) is -1.47. The molecule has 4 amide bonds. The zero-order chi connectivity index (χ0) is 21.1. The van der Waals surface area contributed by atoms with Crippen LogP contribution in [0.4, 0.5) is 0 Å². The van der Waals surface area contributed by atoms with Crippen LogP contribution in [0.5, 0.6) is 0 Å². The molecule has 0 aliphatic heterocycles. The fourth-order valence-electron chi connectivity index (χ4n) is 1.77. The highest BCUT2D eigenvalue weighted by atomic mass is 16.4. The van der Waals surface area contributed by atoms with E-state index in [-0.39, 0.29) is 12.8 Å². The second-order valence-corrected chi connectivity index (χ2v) is 5.63. The summed E-state index contributed by atoms with van der Waals surface area (Å²) in [6.45, 7) is 0.819. The standard InChI is InChI=1S/C14H23N5O8/c1-6(15)12(24)17-5-10(21)18-8(4-11(22)23)13(25)19-7(14(26)27)2-3-9(16)20/h6-8H,2-5,15H2,1H3,(H2,16,20)(H,17,24)(H,18,21)(H,19,25)(H,22,23)(H,26,27). The van der Waals surface area contributed by atoms with Crippen LogP contribution in [-0.2, 0) is 28.8 Å². The highest BCUT2D eigenvalue weighted by Crippen LogP contribution is 2.01. The number of hydrogen-bond acceptors (Lipinski definition) is 7. The molecule has 0 spiro atoms. The minimum absolute atomic E-state index is 0.311. The van der Waals surface area contributed by atoms with Crippen molar-refractivity contribution >= 4 is 35.6 Å². The number of carbonyl (C=O) groups is 6. The lowest BCUT2D eigenvalue weighted by atomic mass is 10.1. The van der Waals surface area contributed by atoms with Gasteiger partial charge in [0.15, 0.2) is 0 Å². The fraction of sp³-hybridized carbons (Fsp3) is 0.571. The van der Waals surface area contributed by atoms with E-state index in [0.717, 1.165) is 0 Å². The summed E-state index contributed by atoms with van der Waals surface area (Å²) in [6, 6.07) is -3.98. The molecule has 3 unspecified atom stereocenters. The van der Waals surface area contributed by atoms with Gasteiger partial charge >= 0.3 is 11.9 Å². The Kier molecular flexibility index (Phi) is 10.0. The summed E-state index contributed by atoms with van der Waals surface area (Å²) in [5.41, 5.74) is 10.2. The molecule has 13 nitrogen and oxygen atoms in total. The van der Waals surface area contributed by atoms with E-state index in [4.69, 9.17) is 21.7 Å².